The van der Waals surface area contributed by atoms with E-state index in [-0.39, 0.29) is 12.4 Å². The Morgan fingerprint density at radius 1 is 1.24 bits per heavy atom. The lowest BCUT2D eigenvalue weighted by molar-refractivity contribution is 0.407. The molecule has 0 aliphatic rings. The van der Waals surface area contributed by atoms with E-state index >= 15 is 0 Å². The van der Waals surface area contributed by atoms with Crippen LogP contribution in [0.3, 0.4) is 0 Å². The third kappa shape index (κ3) is 4.48. The molecule has 2 rings (SSSR count). The molecule has 0 radical (unpaired) electrons. The van der Waals surface area contributed by atoms with Gasteiger partial charge in [0.25, 0.3) is 0 Å². The number of nitrogens with one attached hydrogen (secondary N) is 1. The summed E-state index contributed by atoms with van der Waals surface area (Å²) in [6.07, 6.45) is 0. The van der Waals surface area contributed by atoms with Crippen LogP contribution in [0.15, 0.2) is 30.3 Å². The van der Waals surface area contributed by atoms with E-state index in [0.717, 1.165) is 24.5 Å². The van der Waals surface area contributed by atoms with Crippen molar-refractivity contribution in [1.29, 1.82) is 0 Å². The molecule has 0 unspecified atom stereocenters. The Bertz CT molecular complexity index is 566. The third-order valence-corrected chi connectivity index (χ3v) is 3.40. The first kappa shape index (κ1) is 17.5. The number of hydrogen-bond donors (Lipinski definition) is 1. The molecule has 0 saturated carbocycles. The summed E-state index contributed by atoms with van der Waals surface area (Å²) in [5.41, 5.74) is 3.51. The fourth-order valence-corrected chi connectivity index (χ4v) is 2.15. The maximum absolute atomic E-state index is 5.35. The second-order valence-electron chi connectivity index (χ2n) is 5.25. The van der Waals surface area contributed by atoms with Crippen molar-refractivity contribution in [3.05, 3.63) is 47.3 Å². The molecule has 0 atom stereocenters. The molecular formula is C16H24ClN3O. The zero-order valence-corrected chi connectivity index (χ0v) is 13.9. The number of aryl methyl sites for hydroxylation is 1. The minimum atomic E-state index is 0. The monoisotopic (exact) mass is 309 g/mol. The Labute approximate surface area is 132 Å². The largest absolute Gasteiger partial charge is 0.496 e. The normalized spacial score (nSPS) is 10.5. The van der Waals surface area contributed by atoms with Crippen LogP contribution < -0.4 is 10.1 Å². The zero-order chi connectivity index (χ0) is 14.5. The predicted octanol–water partition coefficient (Wildman–Crippen LogP) is 3.26. The SMILES string of the molecule is COc1ccccc1CNCc1cc(C(C)C)nn1C.Cl. The number of rotatable bonds is 6. The van der Waals surface area contributed by atoms with E-state index in [1.54, 1.807) is 7.11 Å². The van der Waals surface area contributed by atoms with E-state index in [1.165, 1.54) is 11.3 Å². The molecule has 5 heteroatoms. The molecule has 0 saturated heterocycles. The number of methoxy groups -OCH3 is 1. The number of halogens is 1. The van der Waals surface area contributed by atoms with Crippen molar-refractivity contribution in [2.75, 3.05) is 7.11 Å². The molecule has 4 nitrogen and oxygen atoms in total. The molecule has 116 valence electrons. The number of para-hydroxylation sites is 1. The topological polar surface area (TPSA) is 39.1 Å². The quantitative estimate of drug-likeness (QED) is 0.890. The van der Waals surface area contributed by atoms with Crippen molar-refractivity contribution >= 4 is 12.4 Å². The summed E-state index contributed by atoms with van der Waals surface area (Å²) >= 11 is 0. The average Bonchev–Trinajstić information content (AvgIpc) is 2.81. The first-order chi connectivity index (χ1) is 9.61. The van der Waals surface area contributed by atoms with Crippen LogP contribution in [-0.4, -0.2) is 16.9 Å². The number of nitrogens with zero attached hydrogens (tertiary/aromatic N) is 2. The highest BCUT2D eigenvalue weighted by molar-refractivity contribution is 5.85. The summed E-state index contributed by atoms with van der Waals surface area (Å²) < 4.78 is 7.30. The fraction of sp³-hybridized carbons (Fsp3) is 0.438. The van der Waals surface area contributed by atoms with Crippen LogP contribution in [-0.2, 0) is 20.1 Å². The molecule has 0 aliphatic carbocycles. The van der Waals surface area contributed by atoms with E-state index < -0.39 is 0 Å². The summed E-state index contributed by atoms with van der Waals surface area (Å²) in [5, 5.41) is 7.97. The second kappa shape index (κ2) is 8.05. The van der Waals surface area contributed by atoms with Crippen molar-refractivity contribution in [2.24, 2.45) is 7.05 Å². The summed E-state index contributed by atoms with van der Waals surface area (Å²) in [6.45, 7) is 5.91. The van der Waals surface area contributed by atoms with Gasteiger partial charge in [0, 0.05) is 25.7 Å². The maximum Gasteiger partial charge on any atom is 0.123 e. The highest BCUT2D eigenvalue weighted by Gasteiger charge is 2.08. The van der Waals surface area contributed by atoms with Crippen molar-refractivity contribution in [2.45, 2.75) is 32.9 Å². The van der Waals surface area contributed by atoms with Gasteiger partial charge in [0.2, 0.25) is 0 Å². The van der Waals surface area contributed by atoms with Gasteiger partial charge in [-0.2, -0.15) is 5.10 Å². The smallest absolute Gasteiger partial charge is 0.123 e. The molecule has 2 aromatic rings. The lowest BCUT2D eigenvalue weighted by atomic mass is 10.1. The molecule has 0 spiro atoms. The number of benzene rings is 1. The number of hydrogen-bond acceptors (Lipinski definition) is 3. The van der Waals surface area contributed by atoms with Gasteiger partial charge in [-0.3, -0.25) is 4.68 Å². The number of aromatic nitrogens is 2. The lowest BCUT2D eigenvalue weighted by Gasteiger charge is -2.09. The van der Waals surface area contributed by atoms with Gasteiger partial charge in [-0.15, -0.1) is 12.4 Å². The Kier molecular flexibility index (Phi) is 6.72. The first-order valence-electron chi connectivity index (χ1n) is 6.97. The highest BCUT2D eigenvalue weighted by atomic mass is 35.5. The van der Waals surface area contributed by atoms with Crippen LogP contribution in [0.2, 0.25) is 0 Å². The molecule has 21 heavy (non-hydrogen) atoms. The second-order valence-corrected chi connectivity index (χ2v) is 5.25. The summed E-state index contributed by atoms with van der Waals surface area (Å²) in [5.74, 6) is 1.39. The first-order valence-corrected chi connectivity index (χ1v) is 6.97. The van der Waals surface area contributed by atoms with Crippen LogP contribution in [0.4, 0.5) is 0 Å². The molecule has 1 heterocycles. The number of ether oxygens (including phenoxy) is 1. The molecule has 1 N–H and O–H groups in total. The van der Waals surface area contributed by atoms with Crippen LogP contribution in [0.5, 0.6) is 5.75 Å². The lowest BCUT2D eigenvalue weighted by Crippen LogP contribution is -2.15. The van der Waals surface area contributed by atoms with Crippen LogP contribution >= 0.6 is 12.4 Å². The Morgan fingerprint density at radius 2 is 1.95 bits per heavy atom. The van der Waals surface area contributed by atoms with E-state index in [9.17, 15) is 0 Å². The van der Waals surface area contributed by atoms with Crippen LogP contribution in [0.25, 0.3) is 0 Å². The highest BCUT2D eigenvalue weighted by Crippen LogP contribution is 2.17. The molecule has 0 aliphatic heterocycles. The average molecular weight is 310 g/mol. The molecule has 0 amide bonds. The van der Waals surface area contributed by atoms with E-state index in [2.05, 4.69) is 36.4 Å². The standard InChI is InChI=1S/C16H23N3O.ClH/c1-12(2)15-9-14(19(3)18-15)11-17-10-13-7-5-6-8-16(13)20-4;/h5-9,12,17H,10-11H2,1-4H3;1H. The Morgan fingerprint density at radius 3 is 2.57 bits per heavy atom. The van der Waals surface area contributed by atoms with Crippen LogP contribution in [0, 0.1) is 0 Å². The Balaban J connectivity index is 0.00000220. The predicted molar refractivity (Wildman–Crippen MR) is 88.1 cm³/mol. The summed E-state index contributed by atoms with van der Waals surface area (Å²) in [6, 6.07) is 10.2. The van der Waals surface area contributed by atoms with Gasteiger partial charge in [0.1, 0.15) is 5.75 Å². The van der Waals surface area contributed by atoms with Gasteiger partial charge in [-0.05, 0) is 18.1 Å². The minimum Gasteiger partial charge on any atom is -0.496 e. The summed E-state index contributed by atoms with van der Waals surface area (Å²) in [4.78, 5) is 0. The van der Waals surface area contributed by atoms with Gasteiger partial charge in [0.15, 0.2) is 0 Å². The van der Waals surface area contributed by atoms with Gasteiger partial charge in [-0.1, -0.05) is 32.0 Å². The maximum atomic E-state index is 5.35. The Hall–Kier alpha value is -1.52. The molecule has 0 fully saturated rings. The molecular weight excluding hydrogens is 286 g/mol. The van der Waals surface area contributed by atoms with Crippen molar-refractivity contribution in [3.8, 4) is 5.75 Å². The van der Waals surface area contributed by atoms with Gasteiger partial charge in [0.05, 0.1) is 18.5 Å². The van der Waals surface area contributed by atoms with Gasteiger partial charge >= 0.3 is 0 Å². The zero-order valence-electron chi connectivity index (χ0n) is 13.1. The van der Waals surface area contributed by atoms with Crippen LogP contribution in [0.1, 0.15) is 36.7 Å². The summed E-state index contributed by atoms with van der Waals surface area (Å²) in [7, 11) is 3.70. The van der Waals surface area contributed by atoms with Gasteiger partial charge in [-0.25, -0.2) is 0 Å². The molecule has 1 aromatic heterocycles. The third-order valence-electron chi connectivity index (χ3n) is 3.40. The van der Waals surface area contributed by atoms with Gasteiger partial charge < -0.3 is 10.1 Å². The fourth-order valence-electron chi connectivity index (χ4n) is 2.15. The molecule has 1 aromatic carbocycles. The van der Waals surface area contributed by atoms with E-state index in [0.29, 0.717) is 5.92 Å². The van der Waals surface area contributed by atoms with Crippen molar-refractivity contribution < 1.29 is 4.74 Å². The van der Waals surface area contributed by atoms with Crippen molar-refractivity contribution in [1.82, 2.24) is 15.1 Å². The van der Waals surface area contributed by atoms with Crippen molar-refractivity contribution in [3.63, 3.8) is 0 Å². The molecule has 0 bridgehead atoms. The van der Waals surface area contributed by atoms with E-state index in [1.807, 2.05) is 29.9 Å². The van der Waals surface area contributed by atoms with E-state index in [4.69, 9.17) is 4.74 Å². The minimum absolute atomic E-state index is 0.